The van der Waals surface area contributed by atoms with Crippen molar-refractivity contribution in [2.24, 2.45) is 5.92 Å². The number of rotatable bonds is 94. The van der Waals surface area contributed by atoms with E-state index in [1.165, 1.54) is 340 Å². The van der Waals surface area contributed by atoms with E-state index in [9.17, 15) is 43.2 Å². The van der Waals surface area contributed by atoms with Gasteiger partial charge in [-0.15, -0.1) is 0 Å². The first-order valence-corrected chi connectivity index (χ1v) is 51.6. The molecule has 0 heterocycles. The Labute approximate surface area is 696 Å². The van der Waals surface area contributed by atoms with Crippen LogP contribution in [0.15, 0.2) is 0 Å². The molecule has 0 aliphatic carbocycles. The van der Waals surface area contributed by atoms with E-state index >= 15 is 0 Å². The Kier molecular flexibility index (Phi) is 85.0. The molecule has 3 N–H and O–H groups in total. The van der Waals surface area contributed by atoms with Crippen molar-refractivity contribution in [1.29, 1.82) is 0 Å². The molecule has 0 aromatic rings. The smallest absolute Gasteiger partial charge is 0.462 e. The fourth-order valence-corrected chi connectivity index (χ4v) is 16.5. The monoisotopic (exact) mass is 1650 g/mol. The van der Waals surface area contributed by atoms with Gasteiger partial charge in [0.05, 0.1) is 26.4 Å². The van der Waals surface area contributed by atoms with Gasteiger partial charge in [0, 0.05) is 25.7 Å². The van der Waals surface area contributed by atoms with E-state index < -0.39 is 97.5 Å². The third-order valence-corrected chi connectivity index (χ3v) is 24.2. The van der Waals surface area contributed by atoms with Gasteiger partial charge in [-0.25, -0.2) is 9.13 Å². The van der Waals surface area contributed by atoms with Gasteiger partial charge < -0.3 is 33.8 Å². The van der Waals surface area contributed by atoms with Crippen molar-refractivity contribution in [2.75, 3.05) is 39.6 Å². The summed E-state index contributed by atoms with van der Waals surface area (Å²) >= 11 is 0. The van der Waals surface area contributed by atoms with Gasteiger partial charge in [-0.05, 0) is 31.6 Å². The van der Waals surface area contributed by atoms with E-state index in [1.54, 1.807) is 0 Å². The second kappa shape index (κ2) is 86.4. The van der Waals surface area contributed by atoms with E-state index in [0.29, 0.717) is 25.7 Å². The van der Waals surface area contributed by atoms with Gasteiger partial charge in [-0.3, -0.25) is 37.3 Å². The highest BCUT2D eigenvalue weighted by Crippen LogP contribution is 2.45. The molecule has 19 heteroatoms. The maximum absolute atomic E-state index is 13.2. The molecule has 672 valence electrons. The van der Waals surface area contributed by atoms with Gasteiger partial charge in [0.25, 0.3) is 0 Å². The lowest BCUT2D eigenvalue weighted by Crippen LogP contribution is -2.30. The first-order valence-electron chi connectivity index (χ1n) is 48.6. The number of hydrogen-bond acceptors (Lipinski definition) is 15. The van der Waals surface area contributed by atoms with Crippen LogP contribution in [0.2, 0.25) is 0 Å². The lowest BCUT2D eigenvalue weighted by Gasteiger charge is -2.21. The molecule has 113 heavy (non-hydrogen) atoms. The molecule has 0 rings (SSSR count). The van der Waals surface area contributed by atoms with E-state index in [1.807, 2.05) is 0 Å². The Morgan fingerprint density at radius 3 is 0.602 bits per heavy atom. The average molecular weight is 1650 g/mol. The zero-order chi connectivity index (χ0) is 82.6. The topological polar surface area (TPSA) is 237 Å². The summed E-state index contributed by atoms with van der Waals surface area (Å²) in [4.78, 5) is 73.5. The molecule has 0 radical (unpaired) electrons. The fraction of sp³-hybridized carbons (Fsp3) is 0.957. The Bertz CT molecular complexity index is 2140. The van der Waals surface area contributed by atoms with Crippen LogP contribution in [0.1, 0.15) is 516 Å². The first kappa shape index (κ1) is 111. The van der Waals surface area contributed by atoms with Crippen LogP contribution in [0.3, 0.4) is 0 Å². The van der Waals surface area contributed by atoms with Crippen LogP contribution in [0.25, 0.3) is 0 Å². The van der Waals surface area contributed by atoms with Gasteiger partial charge in [0.1, 0.15) is 19.3 Å². The van der Waals surface area contributed by atoms with Crippen molar-refractivity contribution >= 4 is 39.5 Å². The predicted molar refractivity (Wildman–Crippen MR) is 469 cm³/mol. The molecule has 2 unspecified atom stereocenters. The van der Waals surface area contributed by atoms with Crippen LogP contribution in [-0.4, -0.2) is 96.7 Å². The van der Waals surface area contributed by atoms with Crippen LogP contribution in [-0.2, 0) is 65.4 Å². The summed E-state index contributed by atoms with van der Waals surface area (Å²) in [5, 5.41) is 10.7. The summed E-state index contributed by atoms with van der Waals surface area (Å²) < 4.78 is 69.2. The lowest BCUT2D eigenvalue weighted by atomic mass is 10.0. The van der Waals surface area contributed by atoms with Gasteiger partial charge in [0.15, 0.2) is 12.2 Å². The van der Waals surface area contributed by atoms with Crippen molar-refractivity contribution in [1.82, 2.24) is 0 Å². The second-order valence-corrected chi connectivity index (χ2v) is 37.1. The third-order valence-electron chi connectivity index (χ3n) is 22.3. The number of carbonyl (C=O) groups excluding carboxylic acids is 4. The quantitative estimate of drug-likeness (QED) is 0.0222. The molecule has 0 amide bonds. The molecule has 0 fully saturated rings. The maximum Gasteiger partial charge on any atom is 0.472 e. The number of esters is 4. The van der Waals surface area contributed by atoms with Crippen molar-refractivity contribution in [3.8, 4) is 0 Å². The molecule has 0 aromatic heterocycles. The van der Waals surface area contributed by atoms with Crippen molar-refractivity contribution in [2.45, 2.75) is 534 Å². The normalized spacial score (nSPS) is 13.6. The summed E-state index contributed by atoms with van der Waals surface area (Å²) in [6.45, 7) is 7.44. The molecule has 0 bridgehead atoms. The largest absolute Gasteiger partial charge is 0.472 e. The van der Waals surface area contributed by atoms with Gasteiger partial charge in [0.2, 0.25) is 0 Å². The number of phosphoric acid groups is 2. The summed E-state index contributed by atoms with van der Waals surface area (Å²) in [7, 11) is -9.94. The highest BCUT2D eigenvalue weighted by molar-refractivity contribution is 7.47. The Balaban J connectivity index is 5.25. The molecule has 0 spiro atoms. The standard InChI is InChI=1S/C94H184O17P2/c1-6-9-12-15-18-21-24-27-29-31-33-35-37-39-43-48-53-58-63-68-73-78-92(97)105-84-90(111-93(98)79-74-69-64-59-54-49-44-40-38-36-34-32-30-28-25-22-19-16-13-10-7-2)86-109-113(102,103)107-82-88(95)81-106-112(100,101)108-85-89(83-104-91(96)77-72-67-62-57-52-46-26-23-20-17-14-11-8-3)110-94(99)80-75-70-65-60-55-50-45-41-42-47-51-56-61-66-71-76-87(4)5/h87-90,95H,6-86H2,1-5H3,(H,100,101)(H,102,103)/t88-,89+,90+/m0/s1. The van der Waals surface area contributed by atoms with Gasteiger partial charge in [-0.1, -0.05) is 465 Å². The van der Waals surface area contributed by atoms with E-state index in [-0.39, 0.29) is 25.7 Å². The highest BCUT2D eigenvalue weighted by Gasteiger charge is 2.31. The zero-order valence-corrected chi connectivity index (χ0v) is 76.3. The number of ether oxygens (including phenoxy) is 4. The minimum Gasteiger partial charge on any atom is -0.462 e. The number of carbonyl (C=O) groups is 4. The molecule has 0 aliphatic rings. The minimum atomic E-state index is -4.97. The molecule has 17 nitrogen and oxygen atoms in total. The Morgan fingerprint density at radius 1 is 0.239 bits per heavy atom. The number of aliphatic hydroxyl groups is 1. The van der Waals surface area contributed by atoms with Crippen LogP contribution in [0.5, 0.6) is 0 Å². The molecule has 0 saturated carbocycles. The predicted octanol–water partition coefficient (Wildman–Crippen LogP) is 29.5. The number of phosphoric ester groups is 2. The lowest BCUT2D eigenvalue weighted by molar-refractivity contribution is -0.161. The summed E-state index contributed by atoms with van der Waals surface area (Å²) in [5.41, 5.74) is 0. The van der Waals surface area contributed by atoms with E-state index in [2.05, 4.69) is 34.6 Å². The number of unbranched alkanes of at least 4 members (excludes halogenated alkanes) is 66. The SMILES string of the molecule is CCCCCCCCCCCCCCCCCCCCCCCC(=O)OC[C@H](COP(=O)(O)OC[C@@H](O)COP(=O)(O)OC[C@@H](COC(=O)CCCCCCCCCCCCCCC)OC(=O)CCCCCCCCCCCCCCCCCC(C)C)OC(=O)CCCCCCCCCCCCCCCCCCCCCCC. The van der Waals surface area contributed by atoms with Crippen molar-refractivity contribution < 1.29 is 80.2 Å². The second-order valence-electron chi connectivity index (χ2n) is 34.2. The molecule has 0 aromatic carbocycles. The van der Waals surface area contributed by atoms with Gasteiger partial charge in [-0.2, -0.15) is 0 Å². The molecule has 5 atom stereocenters. The van der Waals surface area contributed by atoms with Crippen LogP contribution in [0.4, 0.5) is 0 Å². The van der Waals surface area contributed by atoms with Crippen LogP contribution in [0, 0.1) is 5.92 Å². The van der Waals surface area contributed by atoms with Crippen molar-refractivity contribution in [3.05, 3.63) is 0 Å². The molecular weight excluding hydrogens is 1460 g/mol. The first-order chi connectivity index (χ1) is 55.0. The molecule has 0 aliphatic heterocycles. The van der Waals surface area contributed by atoms with Crippen molar-refractivity contribution in [3.63, 3.8) is 0 Å². The number of aliphatic hydroxyl groups excluding tert-OH is 1. The van der Waals surface area contributed by atoms with Crippen LogP contribution >= 0.6 is 15.6 Å². The fourth-order valence-electron chi connectivity index (χ4n) is 14.9. The van der Waals surface area contributed by atoms with Gasteiger partial charge >= 0.3 is 39.5 Å². The highest BCUT2D eigenvalue weighted by atomic mass is 31.2. The summed E-state index contributed by atoms with van der Waals surface area (Å²) in [5.74, 6) is -1.29. The molecule has 0 saturated heterocycles. The minimum absolute atomic E-state index is 0.109. The number of hydrogen-bond donors (Lipinski definition) is 3. The van der Waals surface area contributed by atoms with E-state index in [4.69, 9.17) is 37.0 Å². The Morgan fingerprint density at radius 2 is 0.407 bits per heavy atom. The maximum atomic E-state index is 13.2. The molecular formula is C94H184O17P2. The zero-order valence-electron chi connectivity index (χ0n) is 74.5. The summed E-state index contributed by atoms with van der Waals surface area (Å²) in [6.07, 6.45) is 83.4. The van der Waals surface area contributed by atoms with E-state index in [0.717, 1.165) is 95.8 Å². The Hall–Kier alpha value is -1.94. The summed E-state index contributed by atoms with van der Waals surface area (Å²) in [6, 6.07) is 0. The third kappa shape index (κ3) is 87.7. The average Bonchev–Trinajstić information content (AvgIpc) is 0.902. The van der Waals surface area contributed by atoms with Crippen LogP contribution < -0.4 is 0 Å².